The molecule has 0 radical (unpaired) electrons. The Morgan fingerprint density at radius 1 is 1.29 bits per heavy atom. The molecule has 1 saturated heterocycles. The Labute approximate surface area is 124 Å². The number of imide groups is 1. The average molecular weight is 290 g/mol. The van der Waals surface area contributed by atoms with Crippen LogP contribution in [-0.2, 0) is 14.4 Å². The third kappa shape index (κ3) is 5.02. The quantitative estimate of drug-likeness (QED) is 0.829. The predicted octanol–water partition coefficient (Wildman–Crippen LogP) is 2.00. The summed E-state index contributed by atoms with van der Waals surface area (Å²) in [5.74, 6) is -0.514. The summed E-state index contributed by atoms with van der Waals surface area (Å²) in [7, 11) is 0. The van der Waals surface area contributed by atoms with E-state index in [4.69, 9.17) is 0 Å². The van der Waals surface area contributed by atoms with E-state index in [9.17, 15) is 14.4 Å². The summed E-state index contributed by atoms with van der Waals surface area (Å²) in [6.45, 7) is 5.45. The molecule has 1 unspecified atom stereocenters. The van der Waals surface area contributed by atoms with E-state index in [1.54, 1.807) is 6.92 Å². The lowest BCUT2D eigenvalue weighted by atomic mass is 9.86. The molecular weight excluding hydrogens is 268 g/mol. The van der Waals surface area contributed by atoms with Gasteiger partial charge in [-0.25, -0.2) is 0 Å². The molecule has 0 saturated carbocycles. The van der Waals surface area contributed by atoms with Crippen LogP contribution in [-0.4, -0.2) is 17.7 Å². The minimum Gasteiger partial charge on any atom is -0.370 e. The lowest BCUT2D eigenvalue weighted by molar-refractivity contribution is -0.128. The molecule has 21 heavy (non-hydrogen) atoms. The zero-order valence-corrected chi connectivity index (χ0v) is 12.7. The molecule has 5 nitrogen and oxygen atoms in total. The summed E-state index contributed by atoms with van der Waals surface area (Å²) < 4.78 is 0. The third-order valence-corrected chi connectivity index (χ3v) is 3.59. The van der Waals surface area contributed by atoms with E-state index in [-0.39, 0.29) is 17.7 Å². The van der Waals surface area contributed by atoms with Gasteiger partial charge in [-0.1, -0.05) is 39.0 Å². The number of carbonyl (C=O) groups is 3. The Balaban J connectivity index is 0.000000171. The molecule has 5 heteroatoms. The highest BCUT2D eigenvalue weighted by Gasteiger charge is 2.40. The first-order chi connectivity index (χ1) is 9.82. The molecule has 0 aromatic rings. The minimum absolute atomic E-state index is 0.125. The second-order valence-corrected chi connectivity index (χ2v) is 5.37. The van der Waals surface area contributed by atoms with Crippen LogP contribution in [0.2, 0.25) is 0 Å². The highest BCUT2D eigenvalue weighted by atomic mass is 16.2. The maximum atomic E-state index is 11.0. The maximum Gasteiger partial charge on any atom is 0.232 e. The van der Waals surface area contributed by atoms with Crippen LogP contribution in [0.4, 0.5) is 0 Å². The van der Waals surface area contributed by atoms with Crippen molar-refractivity contribution in [3.05, 3.63) is 24.3 Å². The van der Waals surface area contributed by atoms with E-state index in [0.29, 0.717) is 12.8 Å². The van der Waals surface area contributed by atoms with Crippen LogP contribution in [0.15, 0.2) is 24.3 Å². The SMILES string of the molecule is CCC(N)=O.CCC1(C)CC(=O)NC1=O.c1cc2cc-2c1. The molecular formula is C16H22N2O3. The highest BCUT2D eigenvalue weighted by molar-refractivity contribution is 6.05. The Kier molecular flexibility index (Phi) is 5.64. The van der Waals surface area contributed by atoms with E-state index < -0.39 is 5.41 Å². The van der Waals surface area contributed by atoms with E-state index >= 15 is 0 Å². The Morgan fingerprint density at radius 3 is 1.95 bits per heavy atom. The van der Waals surface area contributed by atoms with Crippen LogP contribution in [0.1, 0.15) is 40.0 Å². The van der Waals surface area contributed by atoms with E-state index in [1.165, 1.54) is 11.1 Å². The van der Waals surface area contributed by atoms with Gasteiger partial charge in [-0.3, -0.25) is 19.7 Å². The molecule has 1 heterocycles. The maximum absolute atomic E-state index is 11.0. The highest BCUT2D eigenvalue weighted by Crippen LogP contribution is 2.32. The number of rotatable bonds is 2. The average Bonchev–Trinajstić information content (AvgIpc) is 2.94. The van der Waals surface area contributed by atoms with Gasteiger partial charge in [0, 0.05) is 12.8 Å². The summed E-state index contributed by atoms with van der Waals surface area (Å²) in [6, 6.07) is 8.48. The molecule has 3 aliphatic rings. The number of amides is 3. The van der Waals surface area contributed by atoms with Crippen LogP contribution < -0.4 is 11.1 Å². The van der Waals surface area contributed by atoms with E-state index in [1.807, 2.05) is 13.8 Å². The van der Waals surface area contributed by atoms with Crippen molar-refractivity contribution in [1.29, 1.82) is 0 Å². The monoisotopic (exact) mass is 290 g/mol. The molecule has 1 fully saturated rings. The largest absolute Gasteiger partial charge is 0.370 e. The van der Waals surface area contributed by atoms with Crippen molar-refractivity contribution < 1.29 is 14.4 Å². The summed E-state index contributed by atoms with van der Waals surface area (Å²) in [4.78, 5) is 31.3. The molecule has 3 N–H and O–H groups in total. The number of benzene rings is 1. The molecule has 1 atom stereocenters. The van der Waals surface area contributed by atoms with Crippen LogP contribution in [0.3, 0.4) is 0 Å². The lowest BCUT2D eigenvalue weighted by Crippen LogP contribution is -2.28. The van der Waals surface area contributed by atoms with Crippen LogP contribution in [0, 0.1) is 5.41 Å². The molecule has 114 valence electrons. The number of fused-ring (bicyclic) bond motifs is 1. The Hall–Kier alpha value is -2.17. The van der Waals surface area contributed by atoms with Gasteiger partial charge < -0.3 is 5.73 Å². The summed E-state index contributed by atoms with van der Waals surface area (Å²) in [5.41, 5.74) is 7.07. The normalized spacial score (nSPS) is 20.5. The molecule has 2 aliphatic carbocycles. The fraction of sp³-hybridized carbons (Fsp3) is 0.438. The van der Waals surface area contributed by atoms with Crippen molar-refractivity contribution >= 4 is 17.7 Å². The Bertz CT molecular complexity index is 537. The van der Waals surface area contributed by atoms with Crippen molar-refractivity contribution in [3.63, 3.8) is 0 Å². The van der Waals surface area contributed by atoms with E-state index in [2.05, 4.69) is 35.3 Å². The first-order valence-electron chi connectivity index (χ1n) is 7.05. The van der Waals surface area contributed by atoms with Gasteiger partial charge in [-0.15, -0.1) is 0 Å². The summed E-state index contributed by atoms with van der Waals surface area (Å²) in [6.07, 6.45) is 1.52. The van der Waals surface area contributed by atoms with Gasteiger partial charge in [-0.2, -0.15) is 0 Å². The molecule has 1 aliphatic heterocycles. The van der Waals surface area contributed by atoms with E-state index in [0.717, 1.165) is 6.42 Å². The molecule has 0 aromatic heterocycles. The molecule has 3 amide bonds. The zero-order chi connectivity index (χ0) is 16.0. The number of nitrogens with two attached hydrogens (primary N) is 1. The smallest absolute Gasteiger partial charge is 0.232 e. The number of primary amides is 1. The third-order valence-electron chi connectivity index (χ3n) is 3.59. The second kappa shape index (κ2) is 7.02. The van der Waals surface area contributed by atoms with Crippen LogP contribution >= 0.6 is 0 Å². The number of hydrogen-bond donors (Lipinski definition) is 2. The lowest BCUT2D eigenvalue weighted by Gasteiger charge is -2.14. The van der Waals surface area contributed by atoms with Gasteiger partial charge in [0.15, 0.2) is 0 Å². The van der Waals surface area contributed by atoms with Crippen molar-refractivity contribution in [2.45, 2.75) is 40.0 Å². The van der Waals surface area contributed by atoms with Crippen molar-refractivity contribution in [2.24, 2.45) is 11.1 Å². The second-order valence-electron chi connectivity index (χ2n) is 5.37. The topological polar surface area (TPSA) is 89.3 Å². The Morgan fingerprint density at radius 2 is 1.81 bits per heavy atom. The van der Waals surface area contributed by atoms with Gasteiger partial charge in [0.25, 0.3) is 0 Å². The molecule has 0 bridgehead atoms. The number of nitrogens with one attached hydrogen (secondary N) is 1. The summed E-state index contributed by atoms with van der Waals surface area (Å²) in [5, 5.41) is 2.28. The number of carbonyl (C=O) groups excluding carboxylic acids is 3. The molecule has 0 aromatic carbocycles. The van der Waals surface area contributed by atoms with Gasteiger partial charge in [0.05, 0.1) is 5.41 Å². The standard InChI is InChI=1S/C7H11NO2.C6H4.C3H7NO/c1-3-7(2)4-5(9)8-6(7)10;1-2-5-4-6(5)3-1;1-2-3(4)5/h3-4H2,1-2H3,(H,8,9,10);1-4H;2H2,1H3,(H2,4,5). The predicted molar refractivity (Wildman–Crippen MR) is 81.1 cm³/mol. The molecule has 3 rings (SSSR count). The zero-order valence-electron chi connectivity index (χ0n) is 12.7. The van der Waals surface area contributed by atoms with Crippen molar-refractivity contribution in [1.82, 2.24) is 5.32 Å². The first-order valence-corrected chi connectivity index (χ1v) is 7.05. The van der Waals surface area contributed by atoms with Crippen LogP contribution in [0.5, 0.6) is 0 Å². The van der Waals surface area contributed by atoms with Crippen molar-refractivity contribution in [2.75, 3.05) is 0 Å². The summed E-state index contributed by atoms with van der Waals surface area (Å²) >= 11 is 0. The first kappa shape index (κ1) is 16.9. The van der Waals surface area contributed by atoms with Gasteiger partial charge in [-0.05, 0) is 23.6 Å². The molecule has 0 spiro atoms. The van der Waals surface area contributed by atoms with Gasteiger partial charge in [0.1, 0.15) is 0 Å². The van der Waals surface area contributed by atoms with Gasteiger partial charge in [0.2, 0.25) is 17.7 Å². The van der Waals surface area contributed by atoms with Gasteiger partial charge >= 0.3 is 0 Å². The number of hydrogen-bond acceptors (Lipinski definition) is 3. The fourth-order valence-electron chi connectivity index (χ4n) is 1.72. The van der Waals surface area contributed by atoms with Crippen molar-refractivity contribution in [3.8, 4) is 11.1 Å². The fourth-order valence-corrected chi connectivity index (χ4v) is 1.72. The van der Waals surface area contributed by atoms with Crippen LogP contribution in [0.25, 0.3) is 11.1 Å². The minimum atomic E-state index is -0.433.